The Morgan fingerprint density at radius 3 is 2.77 bits per heavy atom. The number of carbonyl (C=O) groups is 1. The van der Waals surface area contributed by atoms with E-state index in [1.165, 1.54) is 0 Å². The molecular formula is C23H27N5O2. The number of fused-ring (bicyclic) bond motifs is 1. The first-order valence-corrected chi connectivity index (χ1v) is 10.6. The van der Waals surface area contributed by atoms with Gasteiger partial charge in [0.1, 0.15) is 5.82 Å². The fraction of sp³-hybridized carbons (Fsp3) is 0.391. The van der Waals surface area contributed by atoms with E-state index < -0.39 is 0 Å². The van der Waals surface area contributed by atoms with E-state index >= 15 is 0 Å². The van der Waals surface area contributed by atoms with Crippen molar-refractivity contribution < 1.29 is 4.79 Å². The molecule has 1 aromatic carbocycles. The molecule has 0 radical (unpaired) electrons. The minimum atomic E-state index is -0.118. The van der Waals surface area contributed by atoms with Crippen LogP contribution in [0.3, 0.4) is 0 Å². The first-order valence-electron chi connectivity index (χ1n) is 10.6. The third-order valence-electron chi connectivity index (χ3n) is 5.64. The molecule has 1 aliphatic heterocycles. The van der Waals surface area contributed by atoms with Crippen LogP contribution in [0.25, 0.3) is 11.1 Å². The van der Waals surface area contributed by atoms with E-state index in [-0.39, 0.29) is 17.6 Å². The number of nitrogens with zero attached hydrogens (tertiary/aromatic N) is 4. The molecule has 3 aromatic rings. The topological polar surface area (TPSA) is 81.8 Å². The second kappa shape index (κ2) is 8.65. The summed E-state index contributed by atoms with van der Waals surface area (Å²) in [6.07, 6.45) is 4.75. The van der Waals surface area contributed by atoms with Crippen LogP contribution >= 0.6 is 0 Å². The van der Waals surface area contributed by atoms with E-state index in [0.29, 0.717) is 37.2 Å². The zero-order valence-corrected chi connectivity index (χ0v) is 17.5. The number of benzene rings is 1. The molecule has 0 saturated carbocycles. The van der Waals surface area contributed by atoms with Gasteiger partial charge in [0.2, 0.25) is 0 Å². The number of carbonyl (C=O) groups excluding carboxylic acids is 1. The lowest BCUT2D eigenvalue weighted by molar-refractivity contribution is 0.0932. The van der Waals surface area contributed by atoms with Gasteiger partial charge in [-0.3, -0.25) is 14.3 Å². The molecular weight excluding hydrogens is 378 g/mol. The van der Waals surface area contributed by atoms with E-state index in [4.69, 9.17) is 0 Å². The Morgan fingerprint density at radius 2 is 2.00 bits per heavy atom. The van der Waals surface area contributed by atoms with Gasteiger partial charge in [0.05, 0.1) is 11.3 Å². The van der Waals surface area contributed by atoms with Crippen molar-refractivity contribution in [2.45, 2.75) is 58.7 Å². The number of hydrogen-bond donors (Lipinski definition) is 1. The molecule has 1 unspecified atom stereocenters. The largest absolute Gasteiger partial charge is 0.349 e. The molecule has 4 rings (SSSR count). The minimum Gasteiger partial charge on any atom is -0.349 e. The average molecular weight is 406 g/mol. The van der Waals surface area contributed by atoms with Crippen molar-refractivity contribution in [2.75, 3.05) is 0 Å². The zero-order chi connectivity index (χ0) is 21.1. The van der Waals surface area contributed by atoms with Gasteiger partial charge in [-0.25, -0.2) is 9.48 Å². The van der Waals surface area contributed by atoms with Gasteiger partial charge in [0.15, 0.2) is 0 Å². The van der Waals surface area contributed by atoms with Gasteiger partial charge in [-0.2, -0.15) is 5.10 Å². The van der Waals surface area contributed by atoms with Crippen LogP contribution in [0.5, 0.6) is 0 Å². The molecule has 3 heterocycles. The van der Waals surface area contributed by atoms with Crippen LogP contribution in [-0.4, -0.2) is 31.3 Å². The Morgan fingerprint density at radius 1 is 1.20 bits per heavy atom. The molecule has 1 amide bonds. The highest BCUT2D eigenvalue weighted by Gasteiger charge is 2.24. The van der Waals surface area contributed by atoms with E-state index in [1.807, 2.05) is 50.2 Å². The third kappa shape index (κ3) is 3.92. The second-order valence-corrected chi connectivity index (χ2v) is 7.76. The normalized spacial score (nSPS) is 16.0. The smallest absolute Gasteiger partial charge is 0.345 e. The summed E-state index contributed by atoms with van der Waals surface area (Å²) >= 11 is 0. The monoisotopic (exact) mass is 405 g/mol. The van der Waals surface area contributed by atoms with Crippen LogP contribution in [0.1, 0.15) is 48.1 Å². The van der Waals surface area contributed by atoms with Crippen molar-refractivity contribution in [1.29, 1.82) is 0 Å². The molecule has 2 aromatic heterocycles. The second-order valence-electron chi connectivity index (χ2n) is 7.76. The maximum absolute atomic E-state index is 13.2. The van der Waals surface area contributed by atoms with Gasteiger partial charge in [-0.05, 0) is 43.4 Å². The molecule has 0 aliphatic carbocycles. The van der Waals surface area contributed by atoms with Gasteiger partial charge in [0, 0.05) is 31.7 Å². The van der Waals surface area contributed by atoms with E-state index in [1.54, 1.807) is 15.4 Å². The Bertz CT molecular complexity index is 1100. The third-order valence-corrected chi connectivity index (χ3v) is 5.64. The SMILES string of the molecule is CCCn1nc2n(c1=O)CCC(NC(=O)c1c(-c3ccccc3)ccnc1C)CC2. The van der Waals surface area contributed by atoms with Crippen LogP contribution in [0.15, 0.2) is 47.4 Å². The lowest BCUT2D eigenvalue weighted by atomic mass is 9.98. The molecule has 156 valence electrons. The summed E-state index contributed by atoms with van der Waals surface area (Å²) in [5, 5.41) is 7.67. The zero-order valence-electron chi connectivity index (χ0n) is 17.5. The molecule has 1 atom stereocenters. The first-order chi connectivity index (χ1) is 14.6. The summed E-state index contributed by atoms with van der Waals surface area (Å²) in [5.41, 5.74) is 3.14. The number of pyridine rings is 1. The molecule has 1 N–H and O–H groups in total. The van der Waals surface area contributed by atoms with Crippen LogP contribution < -0.4 is 11.0 Å². The van der Waals surface area contributed by atoms with Gasteiger partial charge < -0.3 is 5.32 Å². The lowest BCUT2D eigenvalue weighted by Gasteiger charge is -2.18. The van der Waals surface area contributed by atoms with Crippen LogP contribution in [0.4, 0.5) is 0 Å². The number of amides is 1. The van der Waals surface area contributed by atoms with Gasteiger partial charge in [-0.1, -0.05) is 37.3 Å². The van der Waals surface area contributed by atoms with Crippen molar-refractivity contribution in [2.24, 2.45) is 0 Å². The van der Waals surface area contributed by atoms with Crippen molar-refractivity contribution in [1.82, 2.24) is 24.6 Å². The highest BCUT2D eigenvalue weighted by molar-refractivity contribution is 6.01. The summed E-state index contributed by atoms with van der Waals surface area (Å²) in [6, 6.07) is 11.8. The molecule has 0 bridgehead atoms. The predicted molar refractivity (Wildman–Crippen MR) is 115 cm³/mol. The Hall–Kier alpha value is -3.22. The van der Waals surface area contributed by atoms with Crippen molar-refractivity contribution >= 4 is 5.91 Å². The van der Waals surface area contributed by atoms with Crippen molar-refractivity contribution in [3.8, 4) is 11.1 Å². The number of aryl methyl sites for hydroxylation is 3. The number of hydrogen-bond acceptors (Lipinski definition) is 4. The molecule has 30 heavy (non-hydrogen) atoms. The highest BCUT2D eigenvalue weighted by Crippen LogP contribution is 2.25. The Balaban J connectivity index is 1.52. The van der Waals surface area contributed by atoms with Crippen LogP contribution in [0.2, 0.25) is 0 Å². The molecule has 0 saturated heterocycles. The van der Waals surface area contributed by atoms with Gasteiger partial charge >= 0.3 is 5.69 Å². The van der Waals surface area contributed by atoms with Crippen molar-refractivity contribution in [3.63, 3.8) is 0 Å². The summed E-state index contributed by atoms with van der Waals surface area (Å²) < 4.78 is 3.31. The van der Waals surface area contributed by atoms with Crippen molar-refractivity contribution in [3.05, 3.63) is 70.2 Å². The summed E-state index contributed by atoms with van der Waals surface area (Å²) in [7, 11) is 0. The summed E-state index contributed by atoms with van der Waals surface area (Å²) in [4.78, 5) is 30.1. The molecule has 0 fully saturated rings. The lowest BCUT2D eigenvalue weighted by Crippen LogP contribution is -2.36. The maximum Gasteiger partial charge on any atom is 0.345 e. The van der Waals surface area contributed by atoms with Crippen LogP contribution in [-0.2, 0) is 19.5 Å². The quantitative estimate of drug-likeness (QED) is 0.708. The first kappa shape index (κ1) is 20.1. The highest BCUT2D eigenvalue weighted by atomic mass is 16.2. The molecule has 7 heteroatoms. The minimum absolute atomic E-state index is 0.0125. The fourth-order valence-corrected chi connectivity index (χ4v) is 4.10. The maximum atomic E-state index is 13.2. The fourth-order valence-electron chi connectivity index (χ4n) is 4.10. The van der Waals surface area contributed by atoms with Gasteiger partial charge in [-0.15, -0.1) is 0 Å². The predicted octanol–water partition coefficient (Wildman–Crippen LogP) is 2.96. The number of nitrogens with one attached hydrogen (secondary N) is 1. The summed E-state index contributed by atoms with van der Waals surface area (Å²) in [5.74, 6) is 0.695. The molecule has 0 spiro atoms. The molecule has 1 aliphatic rings. The Kier molecular flexibility index (Phi) is 5.79. The van der Waals surface area contributed by atoms with Gasteiger partial charge in [0.25, 0.3) is 5.91 Å². The average Bonchev–Trinajstić information content (AvgIpc) is 2.91. The number of aromatic nitrogens is 4. The number of rotatable bonds is 5. The van der Waals surface area contributed by atoms with E-state index in [9.17, 15) is 9.59 Å². The Labute approximate surface area is 175 Å². The van der Waals surface area contributed by atoms with E-state index in [2.05, 4.69) is 15.4 Å². The van der Waals surface area contributed by atoms with E-state index in [0.717, 1.165) is 29.8 Å². The standard InChI is InChI=1S/C23H27N5O2/c1-3-14-28-23(30)27-15-12-18(9-10-20(27)26-28)25-22(29)21-16(2)24-13-11-19(21)17-7-5-4-6-8-17/h4-8,11,13,18H,3,9-10,12,14-15H2,1-2H3,(H,25,29). The summed E-state index contributed by atoms with van der Waals surface area (Å²) in [6.45, 7) is 5.11. The van der Waals surface area contributed by atoms with Crippen LogP contribution in [0, 0.1) is 6.92 Å². The molecule has 7 nitrogen and oxygen atoms in total.